The maximum absolute atomic E-state index is 13.3. The maximum Gasteiger partial charge on any atom is 0.420 e. The molecule has 4 aliphatic rings. The first kappa shape index (κ1) is 39.0. The summed E-state index contributed by atoms with van der Waals surface area (Å²) >= 11 is 0. The van der Waals surface area contributed by atoms with Gasteiger partial charge in [-0.3, -0.25) is 19.2 Å². The Morgan fingerprint density at radius 2 is 1.17 bits per heavy atom. The topological polar surface area (TPSA) is 198 Å². The van der Waals surface area contributed by atoms with Crippen LogP contribution in [0.4, 0.5) is 9.59 Å². The van der Waals surface area contributed by atoms with Crippen LogP contribution in [-0.2, 0) is 28.7 Å². The molecule has 4 saturated carbocycles. The maximum atomic E-state index is 13.3. The minimum absolute atomic E-state index is 0.0271. The zero-order valence-electron chi connectivity index (χ0n) is 29.9. The van der Waals surface area contributed by atoms with E-state index in [1.807, 2.05) is 0 Å². The van der Waals surface area contributed by atoms with E-state index in [-0.39, 0.29) is 30.3 Å². The molecular weight excluding hydrogens is 620 g/mol. The average Bonchev–Trinajstić information content (AvgIpc) is 2.94. The molecule has 6 amide bonds. The number of carbonyl (C=O) groups excluding carboxylic acids is 6. The molecule has 0 aromatic heterocycles. The van der Waals surface area contributed by atoms with Gasteiger partial charge in [0.25, 0.3) is 0 Å². The summed E-state index contributed by atoms with van der Waals surface area (Å²) in [6, 6.07) is -1.32. The van der Waals surface area contributed by atoms with Gasteiger partial charge in [-0.1, -0.05) is 0 Å². The van der Waals surface area contributed by atoms with E-state index < -0.39 is 60.2 Å². The predicted molar refractivity (Wildman–Crippen MR) is 178 cm³/mol. The second kappa shape index (κ2) is 16.3. The molecule has 0 spiro atoms. The molecule has 48 heavy (non-hydrogen) atoms. The highest BCUT2D eigenvalue weighted by Gasteiger charge is 2.53. The molecule has 272 valence electrons. The SMILES string of the molecule is CC(NC(=O)CNC(=O)CNC(=O)CNC(=O)[C@H](CCCCN)N(C(=O)OC(C)(C)C)C(=O)OC(C)(C)C)C12CC3CC(CC(C3)C1)C2. The summed E-state index contributed by atoms with van der Waals surface area (Å²) in [7, 11) is 0. The summed E-state index contributed by atoms with van der Waals surface area (Å²) in [5, 5.41) is 10.5. The van der Waals surface area contributed by atoms with E-state index in [0.717, 1.165) is 37.0 Å². The van der Waals surface area contributed by atoms with Crippen molar-refractivity contribution in [3.05, 3.63) is 0 Å². The van der Waals surface area contributed by atoms with Crippen molar-refractivity contribution < 1.29 is 38.2 Å². The van der Waals surface area contributed by atoms with Gasteiger partial charge in [0.15, 0.2) is 0 Å². The molecule has 14 nitrogen and oxygen atoms in total. The molecule has 2 atom stereocenters. The van der Waals surface area contributed by atoms with Gasteiger partial charge in [-0.2, -0.15) is 4.90 Å². The highest BCUT2D eigenvalue weighted by Crippen LogP contribution is 2.61. The summed E-state index contributed by atoms with van der Waals surface area (Å²) < 4.78 is 10.8. The van der Waals surface area contributed by atoms with Crippen LogP contribution in [0.25, 0.3) is 0 Å². The Hall–Kier alpha value is -3.42. The fraction of sp³-hybridized carbons (Fsp3) is 0.824. The second-order valence-corrected chi connectivity index (χ2v) is 16.0. The van der Waals surface area contributed by atoms with Crippen LogP contribution in [0.3, 0.4) is 0 Å². The van der Waals surface area contributed by atoms with Crippen LogP contribution in [0.1, 0.15) is 106 Å². The first-order valence-electron chi connectivity index (χ1n) is 17.4. The lowest BCUT2D eigenvalue weighted by Crippen LogP contribution is -2.57. The average molecular weight is 679 g/mol. The van der Waals surface area contributed by atoms with Crippen molar-refractivity contribution in [1.82, 2.24) is 26.2 Å². The van der Waals surface area contributed by atoms with E-state index in [2.05, 4.69) is 28.2 Å². The number of hydrogen-bond acceptors (Lipinski definition) is 9. The Morgan fingerprint density at radius 3 is 1.60 bits per heavy atom. The molecule has 0 aliphatic heterocycles. The molecule has 0 aromatic rings. The Balaban J connectivity index is 1.49. The number of imide groups is 1. The Labute approximate surface area is 284 Å². The second-order valence-electron chi connectivity index (χ2n) is 16.0. The number of amides is 6. The van der Waals surface area contributed by atoms with E-state index in [0.29, 0.717) is 24.3 Å². The van der Waals surface area contributed by atoms with E-state index in [1.165, 1.54) is 19.3 Å². The normalized spacial score (nSPS) is 24.1. The first-order chi connectivity index (χ1) is 22.3. The van der Waals surface area contributed by atoms with Crippen LogP contribution >= 0.6 is 0 Å². The largest absolute Gasteiger partial charge is 0.443 e. The van der Waals surface area contributed by atoms with Gasteiger partial charge in [-0.25, -0.2) is 9.59 Å². The van der Waals surface area contributed by atoms with Crippen LogP contribution in [-0.4, -0.2) is 90.2 Å². The van der Waals surface area contributed by atoms with E-state index in [4.69, 9.17) is 15.2 Å². The number of nitrogens with one attached hydrogen (secondary N) is 4. The molecular formula is C34H58N6O8. The molecule has 4 rings (SSSR count). The minimum atomic E-state index is -1.35. The van der Waals surface area contributed by atoms with Crippen LogP contribution in [0.15, 0.2) is 0 Å². The molecule has 6 N–H and O–H groups in total. The molecule has 4 fully saturated rings. The molecule has 14 heteroatoms. The lowest BCUT2D eigenvalue weighted by atomic mass is 9.48. The number of unbranched alkanes of at least 4 members (excludes halogenated alkanes) is 1. The standard InChI is InChI=1S/C34H58N6O8/c1-21(34-15-22-12-23(16-34)14-24(13-22)17-34)39-28(43)20-37-26(41)18-36-27(42)19-38-29(44)25(10-8-9-11-35)40(30(45)47-32(2,3)4)31(46)48-33(5,6)7/h21-25H,8-20,35H2,1-7H3,(H,36,42)(H,37,41)(H,38,44)(H,39,43)/t21?,22?,23?,24?,25-,34?/m0/s1. The Kier molecular flexibility index (Phi) is 13.3. The minimum Gasteiger partial charge on any atom is -0.443 e. The lowest BCUT2D eigenvalue weighted by Gasteiger charge is -2.59. The van der Waals surface area contributed by atoms with Gasteiger partial charge < -0.3 is 36.5 Å². The molecule has 4 bridgehead atoms. The summed E-state index contributed by atoms with van der Waals surface area (Å²) in [5.74, 6) is -0.00870. The smallest absolute Gasteiger partial charge is 0.420 e. The third kappa shape index (κ3) is 11.6. The van der Waals surface area contributed by atoms with Gasteiger partial charge in [0.05, 0.1) is 19.6 Å². The number of ether oxygens (including phenoxy) is 2. The predicted octanol–water partition coefficient (Wildman–Crippen LogP) is 2.73. The van der Waals surface area contributed by atoms with Crippen LogP contribution < -0.4 is 27.0 Å². The number of nitrogens with zero attached hydrogens (tertiary/aromatic N) is 1. The number of carbonyl (C=O) groups is 6. The summed E-state index contributed by atoms with van der Waals surface area (Å²) in [6.45, 7) is 11.0. The van der Waals surface area contributed by atoms with E-state index >= 15 is 0 Å². The fourth-order valence-corrected chi connectivity index (χ4v) is 7.73. The van der Waals surface area contributed by atoms with E-state index in [1.54, 1.807) is 41.5 Å². The summed E-state index contributed by atoms with van der Waals surface area (Å²) in [6.07, 6.45) is 6.26. The van der Waals surface area contributed by atoms with Crippen molar-refractivity contribution in [3.8, 4) is 0 Å². The highest BCUT2D eigenvalue weighted by molar-refractivity contribution is 5.97. The summed E-state index contributed by atoms with van der Waals surface area (Å²) in [5.41, 5.74) is 3.83. The zero-order chi connectivity index (χ0) is 35.9. The molecule has 0 radical (unpaired) electrons. The highest BCUT2D eigenvalue weighted by atomic mass is 16.6. The third-order valence-electron chi connectivity index (χ3n) is 9.42. The van der Waals surface area contributed by atoms with Gasteiger partial charge in [0, 0.05) is 6.04 Å². The number of hydrogen-bond donors (Lipinski definition) is 5. The van der Waals surface area contributed by atoms with Crippen molar-refractivity contribution in [3.63, 3.8) is 0 Å². The van der Waals surface area contributed by atoms with Gasteiger partial charge >= 0.3 is 12.2 Å². The molecule has 0 aromatic carbocycles. The van der Waals surface area contributed by atoms with Crippen LogP contribution in [0.2, 0.25) is 0 Å². The lowest BCUT2D eigenvalue weighted by molar-refractivity contribution is -0.130. The Bertz CT molecular complexity index is 1130. The molecule has 0 heterocycles. The van der Waals surface area contributed by atoms with Crippen molar-refractivity contribution in [1.29, 1.82) is 0 Å². The monoisotopic (exact) mass is 678 g/mol. The van der Waals surface area contributed by atoms with Gasteiger partial charge in [0.2, 0.25) is 23.6 Å². The Morgan fingerprint density at radius 1 is 0.729 bits per heavy atom. The van der Waals surface area contributed by atoms with Crippen molar-refractivity contribution in [2.45, 2.75) is 130 Å². The van der Waals surface area contributed by atoms with Gasteiger partial charge in [0.1, 0.15) is 17.2 Å². The van der Waals surface area contributed by atoms with E-state index in [9.17, 15) is 28.8 Å². The molecule has 4 aliphatic carbocycles. The van der Waals surface area contributed by atoms with Gasteiger partial charge in [-0.05, 0) is 136 Å². The number of nitrogens with two attached hydrogens (primary N) is 1. The fourth-order valence-electron chi connectivity index (χ4n) is 7.73. The number of rotatable bonds is 14. The quantitative estimate of drug-likeness (QED) is 0.172. The van der Waals surface area contributed by atoms with Crippen molar-refractivity contribution in [2.75, 3.05) is 26.2 Å². The molecule has 1 unspecified atom stereocenters. The first-order valence-corrected chi connectivity index (χ1v) is 17.4. The van der Waals surface area contributed by atoms with Crippen molar-refractivity contribution >= 4 is 35.8 Å². The van der Waals surface area contributed by atoms with Crippen LogP contribution in [0, 0.1) is 23.2 Å². The van der Waals surface area contributed by atoms with Gasteiger partial charge in [-0.15, -0.1) is 0 Å². The summed E-state index contributed by atoms with van der Waals surface area (Å²) in [4.78, 5) is 77.9. The van der Waals surface area contributed by atoms with Crippen LogP contribution in [0.5, 0.6) is 0 Å². The third-order valence-corrected chi connectivity index (χ3v) is 9.42. The zero-order valence-corrected chi connectivity index (χ0v) is 29.9. The molecule has 0 saturated heterocycles. The van der Waals surface area contributed by atoms with Crippen molar-refractivity contribution in [2.24, 2.45) is 28.9 Å².